The minimum absolute atomic E-state index is 0.155. The summed E-state index contributed by atoms with van der Waals surface area (Å²) in [6.45, 7) is 19.5. The summed E-state index contributed by atoms with van der Waals surface area (Å²) in [5.74, 6) is 0. The molecule has 0 amide bonds. The molecule has 8 heterocycles. The predicted molar refractivity (Wildman–Crippen MR) is 339 cm³/mol. The monoisotopic (exact) mass is 1070 g/mol. The Morgan fingerprint density at radius 3 is 0.775 bits per heavy atom. The van der Waals surface area contributed by atoms with Gasteiger partial charge in [0.25, 0.3) is 0 Å². The standard InChI is InChI=1S/C44H42N4Si.C28H24N2Si/c1-43(2,3)49(44(4,5)6)41(37-27-17-25-35(47-37)33-23-13-15-29-45-33)39(31-19-9-7-10-20-31)40(32-21-11-8-12-22-32)42(49)38-28-18-26-36(48-38)34-24-14-16-30-46-34;1-31(2)27(23-17-9-11-19-29-23)25(21-13-5-3-6-14-21)26(22-15-7-4-8-16-22)28(31)24-18-10-12-20-30-24/h7-30H,1-6H3;3-20H,1-2H3. The molecule has 0 saturated heterocycles. The maximum Gasteiger partial charge on any atom is 0.135 e. The molecule has 0 aliphatic carbocycles. The lowest BCUT2D eigenvalue weighted by atomic mass is 9.90. The van der Waals surface area contributed by atoms with E-state index in [-0.39, 0.29) is 10.1 Å². The van der Waals surface area contributed by atoms with Crippen molar-refractivity contribution in [2.45, 2.75) is 64.7 Å². The Hall–Kier alpha value is -8.83. The first kappa shape index (κ1) is 53.2. The molecule has 0 atom stereocenters. The van der Waals surface area contributed by atoms with Crippen molar-refractivity contribution in [3.8, 4) is 22.8 Å². The number of benzene rings is 4. The highest BCUT2D eigenvalue weighted by molar-refractivity contribution is 7.17. The van der Waals surface area contributed by atoms with Crippen molar-refractivity contribution in [2.75, 3.05) is 0 Å². The summed E-state index contributed by atoms with van der Waals surface area (Å²) >= 11 is 0. The molecule has 0 radical (unpaired) electrons. The van der Waals surface area contributed by atoms with Crippen LogP contribution in [-0.2, 0) is 0 Å². The van der Waals surface area contributed by atoms with E-state index in [4.69, 9.17) is 29.9 Å². The van der Waals surface area contributed by atoms with E-state index < -0.39 is 16.1 Å². The number of aromatic nitrogens is 6. The lowest BCUT2D eigenvalue weighted by Crippen LogP contribution is -2.53. The van der Waals surface area contributed by atoms with Gasteiger partial charge in [-0.05, 0) is 148 Å². The van der Waals surface area contributed by atoms with Crippen molar-refractivity contribution < 1.29 is 0 Å². The first-order valence-corrected chi connectivity index (χ1v) is 32.6. The van der Waals surface area contributed by atoms with Crippen LogP contribution in [0.25, 0.3) is 65.9 Å². The van der Waals surface area contributed by atoms with Gasteiger partial charge in [0, 0.05) is 24.8 Å². The molecule has 0 N–H and O–H groups in total. The van der Waals surface area contributed by atoms with Crippen LogP contribution in [0, 0.1) is 0 Å². The third-order valence-electron chi connectivity index (χ3n) is 15.7. The van der Waals surface area contributed by atoms with Crippen LogP contribution in [0.1, 0.15) is 86.6 Å². The molecule has 80 heavy (non-hydrogen) atoms. The maximum atomic E-state index is 5.50. The quantitative estimate of drug-likeness (QED) is 0.127. The second kappa shape index (κ2) is 22.1. The highest BCUT2D eigenvalue weighted by atomic mass is 28.3. The van der Waals surface area contributed by atoms with Crippen molar-refractivity contribution >= 4 is 59.2 Å². The van der Waals surface area contributed by atoms with Crippen LogP contribution in [0.3, 0.4) is 0 Å². The number of pyridine rings is 6. The van der Waals surface area contributed by atoms with Gasteiger partial charge < -0.3 is 0 Å². The van der Waals surface area contributed by atoms with E-state index in [9.17, 15) is 0 Å². The fourth-order valence-corrected chi connectivity index (χ4v) is 24.4. The van der Waals surface area contributed by atoms with Gasteiger partial charge in [-0.15, -0.1) is 0 Å². The van der Waals surface area contributed by atoms with Gasteiger partial charge in [0.15, 0.2) is 0 Å². The highest BCUT2D eigenvalue weighted by Gasteiger charge is 2.63. The molecular weight excluding hydrogens is 1010 g/mol. The van der Waals surface area contributed by atoms with Crippen LogP contribution in [0.5, 0.6) is 0 Å². The van der Waals surface area contributed by atoms with E-state index in [2.05, 4.69) is 237 Å². The van der Waals surface area contributed by atoms with Gasteiger partial charge in [-0.1, -0.05) is 212 Å². The third kappa shape index (κ3) is 9.79. The summed E-state index contributed by atoms with van der Waals surface area (Å²) in [4.78, 5) is 30.0. The molecule has 0 bridgehead atoms. The summed E-state index contributed by atoms with van der Waals surface area (Å²) in [6, 6.07) is 80.7. The molecular formula is C72H66N6Si2. The number of hydrogen-bond donors (Lipinski definition) is 0. The molecule has 8 heteroatoms. The normalized spacial score (nSPS) is 15.0. The Balaban J connectivity index is 0.000000187. The van der Waals surface area contributed by atoms with Crippen LogP contribution in [0.15, 0.2) is 255 Å². The van der Waals surface area contributed by atoms with Gasteiger partial charge in [-0.3, -0.25) is 19.9 Å². The van der Waals surface area contributed by atoms with Crippen molar-refractivity contribution in [3.63, 3.8) is 0 Å². The molecule has 6 aromatic heterocycles. The van der Waals surface area contributed by atoms with E-state index >= 15 is 0 Å². The Labute approximate surface area is 474 Å². The highest BCUT2D eigenvalue weighted by Crippen LogP contribution is 2.70. The van der Waals surface area contributed by atoms with Gasteiger partial charge in [-0.25, -0.2) is 9.97 Å². The molecule has 2 aliphatic heterocycles. The zero-order chi connectivity index (χ0) is 55.5. The fourth-order valence-electron chi connectivity index (χ4n) is 13.0. The van der Waals surface area contributed by atoms with Gasteiger partial charge in [0.1, 0.15) is 16.1 Å². The minimum Gasteiger partial charge on any atom is -0.257 e. The summed E-state index contributed by atoms with van der Waals surface area (Å²) in [5, 5.41) is 5.12. The smallest absolute Gasteiger partial charge is 0.135 e. The number of allylic oxidation sites excluding steroid dienone is 4. The fraction of sp³-hybridized carbons (Fsp3) is 0.139. The zero-order valence-electron chi connectivity index (χ0n) is 46.9. The first-order valence-electron chi connectivity index (χ1n) is 27.6. The van der Waals surface area contributed by atoms with Crippen LogP contribution >= 0.6 is 0 Å². The lowest BCUT2D eigenvalue weighted by molar-refractivity contribution is 0.639. The van der Waals surface area contributed by atoms with Crippen molar-refractivity contribution in [2.24, 2.45) is 0 Å². The Morgan fingerprint density at radius 2 is 0.500 bits per heavy atom. The van der Waals surface area contributed by atoms with Gasteiger partial charge >= 0.3 is 0 Å². The Bertz CT molecular complexity index is 3670. The summed E-state index contributed by atoms with van der Waals surface area (Å²) in [5.41, 5.74) is 17.5. The van der Waals surface area contributed by atoms with Crippen molar-refractivity contribution in [1.29, 1.82) is 0 Å². The topological polar surface area (TPSA) is 77.3 Å². The minimum atomic E-state index is -2.92. The molecule has 12 rings (SSSR count). The molecule has 4 aromatic carbocycles. The van der Waals surface area contributed by atoms with E-state index in [1.54, 1.807) is 0 Å². The molecule has 0 fully saturated rings. The van der Waals surface area contributed by atoms with Crippen LogP contribution in [0.2, 0.25) is 23.2 Å². The molecule has 0 saturated carbocycles. The largest absolute Gasteiger partial charge is 0.257 e. The van der Waals surface area contributed by atoms with Crippen LogP contribution in [0.4, 0.5) is 0 Å². The maximum absolute atomic E-state index is 5.50. The Kier molecular flexibility index (Phi) is 14.7. The van der Waals surface area contributed by atoms with Crippen molar-refractivity contribution in [3.05, 3.63) is 300 Å². The van der Waals surface area contributed by atoms with E-state index in [0.29, 0.717) is 0 Å². The molecule has 2 aliphatic rings. The number of rotatable bonds is 10. The predicted octanol–water partition coefficient (Wildman–Crippen LogP) is 18.1. The molecule has 0 unspecified atom stereocenters. The molecule has 10 aromatic rings. The van der Waals surface area contributed by atoms with E-state index in [0.717, 1.165) is 45.6 Å². The van der Waals surface area contributed by atoms with Gasteiger partial charge in [-0.2, -0.15) is 0 Å². The van der Waals surface area contributed by atoms with E-state index in [1.807, 2.05) is 73.3 Å². The Morgan fingerprint density at radius 1 is 0.250 bits per heavy atom. The SMILES string of the molecule is CC(C)(C)[Si]1(C(C)(C)C)C(c2cccc(-c3ccccn3)n2)=C(c2ccccc2)C(c2ccccc2)=C1c1cccc(-c2ccccn2)n1.C[Si]1(C)C(c2ccccn2)=C(c2ccccc2)C(c2ccccc2)=C1c1ccccn1. The lowest BCUT2D eigenvalue weighted by Gasteiger charge is -2.53. The number of hydrogen-bond acceptors (Lipinski definition) is 6. The first-order chi connectivity index (χ1) is 38.8. The molecule has 0 spiro atoms. The second-order valence-electron chi connectivity index (χ2n) is 23.0. The third-order valence-corrected chi connectivity index (χ3v) is 26.2. The van der Waals surface area contributed by atoms with Crippen molar-refractivity contribution in [1.82, 2.24) is 29.9 Å². The van der Waals surface area contributed by atoms with E-state index in [1.165, 1.54) is 65.3 Å². The average Bonchev–Trinajstić information content (AvgIpc) is 4.13. The summed E-state index contributed by atoms with van der Waals surface area (Å²) in [7, 11) is -5.06. The molecule has 392 valence electrons. The average molecular weight is 1070 g/mol. The zero-order valence-corrected chi connectivity index (χ0v) is 48.9. The summed E-state index contributed by atoms with van der Waals surface area (Å²) in [6.07, 6.45) is 7.47. The van der Waals surface area contributed by atoms with Crippen LogP contribution in [-0.4, -0.2) is 46.1 Å². The molecule has 6 nitrogen and oxygen atoms in total. The van der Waals surface area contributed by atoms with Crippen LogP contribution < -0.4 is 0 Å². The van der Waals surface area contributed by atoms with Gasteiger partial charge in [0.2, 0.25) is 0 Å². The number of nitrogens with zero attached hydrogens (tertiary/aromatic N) is 6. The van der Waals surface area contributed by atoms with Gasteiger partial charge in [0.05, 0.1) is 45.6 Å². The summed E-state index contributed by atoms with van der Waals surface area (Å²) < 4.78 is 0. The second-order valence-corrected chi connectivity index (χ2v) is 32.8.